The van der Waals surface area contributed by atoms with Gasteiger partial charge in [-0.1, -0.05) is 0 Å². The third kappa shape index (κ3) is 11.0. The highest BCUT2D eigenvalue weighted by molar-refractivity contribution is 5.81. The van der Waals surface area contributed by atoms with E-state index in [-0.39, 0.29) is 6.42 Å². The molecular formula is C23H35NO13. The molecule has 0 saturated carbocycles. The highest BCUT2D eigenvalue weighted by Gasteiger charge is 2.53. The van der Waals surface area contributed by atoms with Gasteiger partial charge in [-0.3, -0.25) is 19.2 Å². The molecule has 0 aromatic rings. The Morgan fingerprint density at radius 1 is 0.784 bits per heavy atom. The molecule has 1 aliphatic heterocycles. The van der Waals surface area contributed by atoms with E-state index >= 15 is 0 Å². The second kappa shape index (κ2) is 13.8. The predicted octanol–water partition coefficient (Wildman–Crippen LogP) is 0.568. The Morgan fingerprint density at radius 2 is 1.27 bits per heavy atom. The molecule has 1 saturated heterocycles. The number of methoxy groups -OCH3 is 1. The zero-order valence-corrected chi connectivity index (χ0v) is 22.2. The molecule has 0 aromatic carbocycles. The normalized spacial score (nSPS) is 24.1. The van der Waals surface area contributed by atoms with Crippen LogP contribution in [0, 0.1) is 0 Å². The SMILES string of the molecule is COC(=O)[C@H](C[C@H]1O[C@H](COC(C)=O)[C@@H](OC(C)=O)[C@H](OC(C)=O)[C@H]1OC(C)=O)NC(=O)OC(C)(C)C. The molecule has 0 spiro atoms. The van der Waals surface area contributed by atoms with Crippen LogP contribution in [0.3, 0.4) is 0 Å². The van der Waals surface area contributed by atoms with Gasteiger partial charge in [-0.05, 0) is 20.8 Å². The van der Waals surface area contributed by atoms with Crippen molar-refractivity contribution in [1.29, 1.82) is 0 Å². The summed E-state index contributed by atoms with van der Waals surface area (Å²) in [5, 5.41) is 2.37. The highest BCUT2D eigenvalue weighted by atomic mass is 16.7. The first-order valence-electron chi connectivity index (χ1n) is 11.4. The first kappa shape index (κ1) is 31.6. The molecule has 1 fully saturated rings. The molecule has 210 valence electrons. The van der Waals surface area contributed by atoms with Crippen LogP contribution in [0.2, 0.25) is 0 Å². The summed E-state index contributed by atoms with van der Waals surface area (Å²) in [5.41, 5.74) is -0.876. The smallest absolute Gasteiger partial charge is 0.408 e. The largest absolute Gasteiger partial charge is 0.467 e. The lowest BCUT2D eigenvalue weighted by atomic mass is 9.90. The van der Waals surface area contributed by atoms with E-state index in [0.717, 1.165) is 34.8 Å². The molecular weight excluding hydrogens is 498 g/mol. The van der Waals surface area contributed by atoms with Crippen molar-refractivity contribution in [3.05, 3.63) is 0 Å². The van der Waals surface area contributed by atoms with E-state index in [2.05, 4.69) is 5.32 Å². The van der Waals surface area contributed by atoms with Crippen molar-refractivity contribution in [1.82, 2.24) is 5.32 Å². The van der Waals surface area contributed by atoms with Crippen molar-refractivity contribution in [2.24, 2.45) is 0 Å². The fourth-order valence-electron chi connectivity index (χ4n) is 3.55. The Morgan fingerprint density at radius 3 is 1.70 bits per heavy atom. The summed E-state index contributed by atoms with van der Waals surface area (Å²) < 4.78 is 37.0. The van der Waals surface area contributed by atoms with Crippen molar-refractivity contribution >= 4 is 35.9 Å². The van der Waals surface area contributed by atoms with Crippen LogP contribution >= 0.6 is 0 Å². The Bertz CT molecular complexity index is 865. The van der Waals surface area contributed by atoms with Gasteiger partial charge in [-0.15, -0.1) is 0 Å². The number of esters is 5. The molecule has 14 heteroatoms. The number of rotatable bonds is 9. The van der Waals surface area contributed by atoms with Crippen LogP contribution < -0.4 is 5.32 Å². The van der Waals surface area contributed by atoms with E-state index in [1.165, 1.54) is 0 Å². The summed E-state index contributed by atoms with van der Waals surface area (Å²) in [7, 11) is 1.10. The minimum Gasteiger partial charge on any atom is -0.467 e. The molecule has 1 heterocycles. The molecule has 14 nitrogen and oxygen atoms in total. The van der Waals surface area contributed by atoms with E-state index in [4.69, 9.17) is 33.2 Å². The van der Waals surface area contributed by atoms with E-state index in [9.17, 15) is 28.8 Å². The molecule has 37 heavy (non-hydrogen) atoms. The maximum atomic E-state index is 12.5. The van der Waals surface area contributed by atoms with Crippen LogP contribution in [0.15, 0.2) is 0 Å². The standard InChI is InChI=1S/C23H35NO13/c1-11(25)32-10-17-19(34-13(3)27)20(35-14(4)28)18(33-12(2)26)16(36-17)9-15(21(29)31-8)24-22(30)37-23(5,6)7/h15-20H,9-10H2,1-8H3,(H,24,30)/t15-,16+,17+,18-,19+,20+/m0/s1. The maximum Gasteiger partial charge on any atom is 0.408 e. The molecule has 1 amide bonds. The van der Waals surface area contributed by atoms with Gasteiger partial charge in [0.2, 0.25) is 0 Å². The van der Waals surface area contributed by atoms with Gasteiger partial charge in [0, 0.05) is 34.1 Å². The summed E-state index contributed by atoms with van der Waals surface area (Å²) in [5.74, 6) is -3.93. The minimum atomic E-state index is -1.41. The van der Waals surface area contributed by atoms with Gasteiger partial charge in [0.15, 0.2) is 18.3 Å². The Kier molecular flexibility index (Phi) is 11.8. The van der Waals surface area contributed by atoms with Crippen LogP contribution in [-0.2, 0) is 57.1 Å². The Labute approximate surface area is 214 Å². The summed E-state index contributed by atoms with van der Waals surface area (Å²) in [6, 6.07) is -1.36. The second-order valence-electron chi connectivity index (χ2n) is 9.20. The Balaban J connectivity index is 3.45. The number of ether oxygens (including phenoxy) is 7. The molecule has 1 N–H and O–H groups in total. The third-order valence-electron chi connectivity index (χ3n) is 4.73. The summed E-state index contributed by atoms with van der Waals surface area (Å²) >= 11 is 0. The van der Waals surface area contributed by atoms with Gasteiger partial charge in [0.05, 0.1) is 7.11 Å². The zero-order chi connectivity index (χ0) is 28.5. The summed E-state index contributed by atoms with van der Waals surface area (Å²) in [4.78, 5) is 72.0. The molecule has 1 rings (SSSR count). The zero-order valence-electron chi connectivity index (χ0n) is 22.2. The fourth-order valence-corrected chi connectivity index (χ4v) is 3.55. The maximum absolute atomic E-state index is 12.5. The van der Waals surface area contributed by atoms with Crippen LogP contribution in [0.1, 0.15) is 54.9 Å². The average Bonchev–Trinajstić information content (AvgIpc) is 2.73. The molecule has 1 aliphatic rings. The lowest BCUT2D eigenvalue weighted by molar-refractivity contribution is -0.254. The molecule has 0 aliphatic carbocycles. The van der Waals surface area contributed by atoms with Gasteiger partial charge in [0.25, 0.3) is 0 Å². The number of alkyl carbamates (subject to hydrolysis) is 1. The topological polar surface area (TPSA) is 179 Å². The van der Waals surface area contributed by atoms with E-state index < -0.39 is 84.7 Å². The van der Waals surface area contributed by atoms with Crippen LogP contribution in [-0.4, -0.2) is 91.8 Å². The number of amides is 1. The summed E-state index contributed by atoms with van der Waals surface area (Å²) in [6.45, 7) is 8.85. The lowest BCUT2D eigenvalue weighted by Gasteiger charge is -2.45. The van der Waals surface area contributed by atoms with Crippen molar-refractivity contribution in [2.75, 3.05) is 13.7 Å². The van der Waals surface area contributed by atoms with E-state index in [1.54, 1.807) is 20.8 Å². The van der Waals surface area contributed by atoms with Gasteiger partial charge >= 0.3 is 35.9 Å². The average molecular weight is 534 g/mol. The monoisotopic (exact) mass is 533 g/mol. The fraction of sp³-hybridized carbons (Fsp3) is 0.739. The first-order valence-corrected chi connectivity index (χ1v) is 11.4. The van der Waals surface area contributed by atoms with Gasteiger partial charge < -0.3 is 38.5 Å². The van der Waals surface area contributed by atoms with Crippen molar-refractivity contribution in [3.8, 4) is 0 Å². The predicted molar refractivity (Wildman–Crippen MR) is 122 cm³/mol. The quantitative estimate of drug-likeness (QED) is 0.321. The molecule has 0 radical (unpaired) electrons. The summed E-state index contributed by atoms with van der Waals surface area (Å²) in [6.07, 6.45) is -7.89. The van der Waals surface area contributed by atoms with Gasteiger partial charge in [-0.25, -0.2) is 9.59 Å². The van der Waals surface area contributed by atoms with Gasteiger partial charge in [0.1, 0.15) is 30.5 Å². The number of carbonyl (C=O) groups excluding carboxylic acids is 6. The van der Waals surface area contributed by atoms with Crippen LogP contribution in [0.25, 0.3) is 0 Å². The van der Waals surface area contributed by atoms with Crippen molar-refractivity contribution < 1.29 is 61.9 Å². The highest BCUT2D eigenvalue weighted by Crippen LogP contribution is 2.31. The number of carbonyl (C=O) groups is 6. The first-order chi connectivity index (χ1) is 17.0. The molecule has 6 atom stereocenters. The molecule has 0 aromatic heterocycles. The van der Waals surface area contributed by atoms with Crippen LogP contribution in [0.4, 0.5) is 4.79 Å². The number of hydrogen-bond donors (Lipinski definition) is 1. The van der Waals surface area contributed by atoms with E-state index in [1.807, 2.05) is 0 Å². The van der Waals surface area contributed by atoms with Crippen molar-refractivity contribution in [2.45, 2.75) is 97.0 Å². The molecule has 0 unspecified atom stereocenters. The molecule has 0 bridgehead atoms. The number of hydrogen-bond acceptors (Lipinski definition) is 13. The van der Waals surface area contributed by atoms with Crippen LogP contribution in [0.5, 0.6) is 0 Å². The van der Waals surface area contributed by atoms with Crippen molar-refractivity contribution in [3.63, 3.8) is 0 Å². The second-order valence-corrected chi connectivity index (χ2v) is 9.20. The lowest BCUT2D eigenvalue weighted by Crippen LogP contribution is -2.63. The number of nitrogens with one attached hydrogen (secondary N) is 1. The van der Waals surface area contributed by atoms with E-state index in [0.29, 0.717) is 0 Å². The third-order valence-corrected chi connectivity index (χ3v) is 4.73. The Hall–Kier alpha value is -3.42. The minimum absolute atomic E-state index is 0.356. The van der Waals surface area contributed by atoms with Gasteiger partial charge in [-0.2, -0.15) is 0 Å².